The van der Waals surface area contributed by atoms with E-state index in [1.807, 2.05) is 31.2 Å². The third-order valence-corrected chi connectivity index (χ3v) is 4.68. The fourth-order valence-corrected chi connectivity index (χ4v) is 3.42. The van der Waals surface area contributed by atoms with E-state index in [4.69, 9.17) is 27.9 Å². The summed E-state index contributed by atoms with van der Waals surface area (Å²) in [7, 11) is 0. The molecule has 6 nitrogen and oxygen atoms in total. The first-order chi connectivity index (χ1) is 14.4. The maximum absolute atomic E-state index is 12.2. The molecule has 0 atom stereocenters. The molecule has 0 aliphatic rings. The van der Waals surface area contributed by atoms with Crippen molar-refractivity contribution in [2.24, 2.45) is 0 Å². The fourth-order valence-electron chi connectivity index (χ4n) is 2.89. The van der Waals surface area contributed by atoms with Crippen molar-refractivity contribution < 1.29 is 9.53 Å². The fraction of sp³-hybridized carbons (Fsp3) is 0.227. The van der Waals surface area contributed by atoms with Crippen molar-refractivity contribution in [1.82, 2.24) is 9.78 Å². The molecule has 1 aromatic heterocycles. The standard InChI is InChI=1S/C22H21Cl2N3O3/c1-2-30-19-7-5-15(6-8-19)20-9-10-22(29)27(26-20)11-3-4-21(28)25-18-13-16(23)12-17(24)14-18/h5-10,12-14H,2-4,11H2,1H3,(H,25,28). The molecule has 0 bridgehead atoms. The highest BCUT2D eigenvalue weighted by atomic mass is 35.5. The van der Waals surface area contributed by atoms with Crippen molar-refractivity contribution in [3.63, 3.8) is 0 Å². The van der Waals surface area contributed by atoms with Gasteiger partial charge in [-0.3, -0.25) is 9.59 Å². The molecule has 0 unspecified atom stereocenters. The van der Waals surface area contributed by atoms with Gasteiger partial charge in [-0.2, -0.15) is 5.10 Å². The molecule has 1 N–H and O–H groups in total. The third kappa shape index (κ3) is 6.08. The van der Waals surface area contributed by atoms with Gasteiger partial charge in [0, 0.05) is 40.3 Å². The summed E-state index contributed by atoms with van der Waals surface area (Å²) in [6.07, 6.45) is 0.686. The van der Waals surface area contributed by atoms with Gasteiger partial charge in [0.05, 0.1) is 12.3 Å². The predicted molar refractivity (Wildman–Crippen MR) is 119 cm³/mol. The average Bonchev–Trinajstić information content (AvgIpc) is 2.69. The molecule has 1 heterocycles. The summed E-state index contributed by atoms with van der Waals surface area (Å²) in [6, 6.07) is 15.5. The zero-order chi connectivity index (χ0) is 21.5. The quantitative estimate of drug-likeness (QED) is 0.527. The minimum Gasteiger partial charge on any atom is -0.494 e. The Bertz CT molecular complexity index is 1060. The number of carbonyl (C=O) groups is 1. The van der Waals surface area contributed by atoms with E-state index in [9.17, 15) is 9.59 Å². The van der Waals surface area contributed by atoms with E-state index in [0.29, 0.717) is 41.0 Å². The number of halogens is 2. The lowest BCUT2D eigenvalue weighted by atomic mass is 10.1. The maximum Gasteiger partial charge on any atom is 0.266 e. The Hall–Kier alpha value is -2.83. The second kappa shape index (κ2) is 10.3. The highest BCUT2D eigenvalue weighted by molar-refractivity contribution is 6.35. The lowest BCUT2D eigenvalue weighted by Gasteiger charge is -2.09. The summed E-state index contributed by atoms with van der Waals surface area (Å²) in [5, 5.41) is 8.06. The Kier molecular flexibility index (Phi) is 7.49. The molecule has 0 aliphatic carbocycles. The van der Waals surface area contributed by atoms with Crippen molar-refractivity contribution in [2.45, 2.75) is 26.3 Å². The van der Waals surface area contributed by atoms with Gasteiger partial charge in [0.1, 0.15) is 5.75 Å². The molecule has 2 aromatic carbocycles. The molecule has 0 fully saturated rings. The van der Waals surface area contributed by atoms with E-state index in [1.54, 1.807) is 24.3 Å². The molecule has 1 amide bonds. The number of aromatic nitrogens is 2. The summed E-state index contributed by atoms with van der Waals surface area (Å²) < 4.78 is 6.81. The number of nitrogens with zero attached hydrogens (tertiary/aromatic N) is 2. The van der Waals surface area contributed by atoms with Gasteiger partial charge in [0.2, 0.25) is 5.91 Å². The van der Waals surface area contributed by atoms with Crippen LogP contribution in [0.25, 0.3) is 11.3 Å². The van der Waals surface area contributed by atoms with Crippen molar-refractivity contribution in [3.05, 3.63) is 75.0 Å². The van der Waals surface area contributed by atoms with Crippen LogP contribution in [0.5, 0.6) is 5.75 Å². The van der Waals surface area contributed by atoms with Gasteiger partial charge in [-0.05, 0) is 61.9 Å². The van der Waals surface area contributed by atoms with Crippen molar-refractivity contribution in [3.8, 4) is 17.0 Å². The first-order valence-corrected chi connectivity index (χ1v) is 10.3. The number of benzene rings is 2. The minimum absolute atomic E-state index is 0.191. The lowest BCUT2D eigenvalue weighted by Crippen LogP contribution is -2.23. The van der Waals surface area contributed by atoms with Gasteiger partial charge in [0.25, 0.3) is 5.56 Å². The number of hydrogen-bond donors (Lipinski definition) is 1. The van der Waals surface area contributed by atoms with Crippen LogP contribution < -0.4 is 15.6 Å². The molecule has 8 heteroatoms. The summed E-state index contributed by atoms with van der Waals surface area (Å²) in [6.45, 7) is 2.85. The number of carbonyl (C=O) groups excluding carboxylic acids is 1. The number of ether oxygens (including phenoxy) is 1. The predicted octanol–water partition coefficient (Wildman–Crippen LogP) is 5.03. The molecule has 0 saturated heterocycles. The molecule has 3 aromatic rings. The smallest absolute Gasteiger partial charge is 0.266 e. The SMILES string of the molecule is CCOc1ccc(-c2ccc(=O)n(CCCC(=O)Nc3cc(Cl)cc(Cl)c3)n2)cc1. The Morgan fingerprint density at radius 3 is 2.43 bits per heavy atom. The molecule has 0 saturated carbocycles. The molecule has 0 radical (unpaired) electrons. The van der Waals surface area contributed by atoms with Crippen LogP contribution in [-0.4, -0.2) is 22.3 Å². The van der Waals surface area contributed by atoms with Crippen LogP contribution in [0.2, 0.25) is 10.0 Å². The van der Waals surface area contributed by atoms with Gasteiger partial charge in [-0.1, -0.05) is 23.2 Å². The van der Waals surface area contributed by atoms with E-state index in [1.165, 1.54) is 10.7 Å². The zero-order valence-electron chi connectivity index (χ0n) is 16.4. The van der Waals surface area contributed by atoms with Crippen LogP contribution in [-0.2, 0) is 11.3 Å². The number of aryl methyl sites for hydroxylation is 1. The van der Waals surface area contributed by atoms with Crippen molar-refractivity contribution in [2.75, 3.05) is 11.9 Å². The third-order valence-electron chi connectivity index (χ3n) is 4.25. The minimum atomic E-state index is -0.216. The van der Waals surface area contributed by atoms with Crippen LogP contribution >= 0.6 is 23.2 Å². The highest BCUT2D eigenvalue weighted by Crippen LogP contribution is 2.23. The monoisotopic (exact) mass is 445 g/mol. The summed E-state index contributed by atoms with van der Waals surface area (Å²) in [5.74, 6) is 0.589. The summed E-state index contributed by atoms with van der Waals surface area (Å²) in [4.78, 5) is 24.3. The van der Waals surface area contributed by atoms with Gasteiger partial charge >= 0.3 is 0 Å². The summed E-state index contributed by atoms with van der Waals surface area (Å²) >= 11 is 11.9. The number of amides is 1. The van der Waals surface area contributed by atoms with Crippen LogP contribution in [0.4, 0.5) is 5.69 Å². The maximum atomic E-state index is 12.2. The Morgan fingerprint density at radius 1 is 1.07 bits per heavy atom. The normalized spacial score (nSPS) is 10.6. The van der Waals surface area contributed by atoms with Crippen molar-refractivity contribution >= 4 is 34.8 Å². The van der Waals surface area contributed by atoms with E-state index in [-0.39, 0.29) is 17.9 Å². The molecule has 156 valence electrons. The van der Waals surface area contributed by atoms with Gasteiger partial charge in [-0.25, -0.2) is 4.68 Å². The largest absolute Gasteiger partial charge is 0.494 e. The Balaban J connectivity index is 1.60. The van der Waals surface area contributed by atoms with Gasteiger partial charge in [0.15, 0.2) is 0 Å². The zero-order valence-corrected chi connectivity index (χ0v) is 17.9. The second-order valence-corrected chi connectivity index (χ2v) is 7.42. The molecule has 0 aliphatic heterocycles. The second-order valence-electron chi connectivity index (χ2n) is 6.55. The van der Waals surface area contributed by atoms with Gasteiger partial charge < -0.3 is 10.1 Å². The van der Waals surface area contributed by atoms with E-state index < -0.39 is 0 Å². The number of nitrogens with one attached hydrogen (secondary N) is 1. The Morgan fingerprint density at radius 2 is 1.77 bits per heavy atom. The average molecular weight is 446 g/mol. The first kappa shape index (κ1) is 21.9. The topological polar surface area (TPSA) is 73.2 Å². The first-order valence-electron chi connectivity index (χ1n) is 9.52. The van der Waals surface area contributed by atoms with Gasteiger partial charge in [-0.15, -0.1) is 0 Å². The summed E-state index contributed by atoms with van der Waals surface area (Å²) in [5.41, 5.74) is 1.87. The molecular weight excluding hydrogens is 425 g/mol. The van der Waals surface area contributed by atoms with Crippen LogP contribution in [0.1, 0.15) is 19.8 Å². The molecule has 3 rings (SSSR count). The number of hydrogen-bond acceptors (Lipinski definition) is 4. The number of rotatable bonds is 8. The van der Waals surface area contributed by atoms with Crippen LogP contribution in [0.3, 0.4) is 0 Å². The van der Waals surface area contributed by atoms with E-state index in [2.05, 4.69) is 10.4 Å². The molecule has 0 spiro atoms. The Labute approximate surface area is 184 Å². The number of anilines is 1. The van der Waals surface area contributed by atoms with E-state index in [0.717, 1.165) is 11.3 Å². The van der Waals surface area contributed by atoms with Crippen LogP contribution in [0.15, 0.2) is 59.4 Å². The van der Waals surface area contributed by atoms with E-state index >= 15 is 0 Å². The lowest BCUT2D eigenvalue weighted by molar-refractivity contribution is -0.116. The van der Waals surface area contributed by atoms with Crippen molar-refractivity contribution in [1.29, 1.82) is 0 Å². The molecule has 30 heavy (non-hydrogen) atoms. The molecular formula is C22H21Cl2N3O3. The highest BCUT2D eigenvalue weighted by Gasteiger charge is 2.07. The van der Waals surface area contributed by atoms with Crippen LogP contribution in [0, 0.1) is 0 Å².